The summed E-state index contributed by atoms with van der Waals surface area (Å²) >= 11 is 0. The van der Waals surface area contributed by atoms with Crippen molar-refractivity contribution in [2.24, 2.45) is 0 Å². The Bertz CT molecular complexity index is 1300. The lowest BCUT2D eigenvalue weighted by molar-refractivity contribution is -0.145. The fourth-order valence-corrected chi connectivity index (χ4v) is 4.33. The van der Waals surface area contributed by atoms with Gasteiger partial charge in [-0.2, -0.15) is 5.26 Å². The minimum absolute atomic E-state index is 0.131. The second-order valence-corrected chi connectivity index (χ2v) is 10.1. The molecule has 0 N–H and O–H groups in total. The van der Waals surface area contributed by atoms with E-state index in [1.54, 1.807) is 24.0 Å². The minimum atomic E-state index is -0.556. The quantitative estimate of drug-likeness (QED) is 0.387. The predicted octanol–water partition coefficient (Wildman–Crippen LogP) is 5.58. The highest BCUT2D eigenvalue weighted by atomic mass is 16.6. The number of nitrogens with zero attached hydrogens (tertiary/aromatic N) is 2. The van der Waals surface area contributed by atoms with Crippen LogP contribution in [-0.2, 0) is 20.7 Å². The average Bonchev–Trinajstić information content (AvgIpc) is 3.48. The molecule has 0 radical (unpaired) electrons. The van der Waals surface area contributed by atoms with Crippen molar-refractivity contribution in [3.8, 4) is 11.8 Å². The molecule has 1 fully saturated rings. The van der Waals surface area contributed by atoms with Crippen LogP contribution in [0.5, 0.6) is 5.75 Å². The van der Waals surface area contributed by atoms with Gasteiger partial charge in [0.05, 0.1) is 30.7 Å². The van der Waals surface area contributed by atoms with Crippen LogP contribution < -0.4 is 4.74 Å². The van der Waals surface area contributed by atoms with Crippen molar-refractivity contribution in [3.05, 3.63) is 65.4 Å². The van der Waals surface area contributed by atoms with Gasteiger partial charge in [-0.3, -0.25) is 4.79 Å². The molecule has 1 unspecified atom stereocenters. The predicted molar refractivity (Wildman–Crippen MR) is 137 cm³/mol. The van der Waals surface area contributed by atoms with E-state index >= 15 is 0 Å². The number of amides is 1. The number of fused-ring (bicyclic) bond motifs is 1. The van der Waals surface area contributed by atoms with Crippen LogP contribution in [-0.4, -0.2) is 48.4 Å². The average molecular weight is 505 g/mol. The first-order chi connectivity index (χ1) is 17.6. The van der Waals surface area contributed by atoms with Crippen molar-refractivity contribution < 1.29 is 28.2 Å². The molecule has 0 saturated carbocycles. The molecule has 1 amide bonds. The first kappa shape index (κ1) is 26.1. The molecule has 1 aliphatic heterocycles. The normalized spacial score (nSPS) is 16.3. The lowest BCUT2D eigenvalue weighted by Crippen LogP contribution is -2.36. The summed E-state index contributed by atoms with van der Waals surface area (Å²) in [4.78, 5) is 26.8. The highest BCUT2D eigenvalue weighted by Crippen LogP contribution is 2.29. The van der Waals surface area contributed by atoms with Crippen LogP contribution >= 0.6 is 0 Å². The van der Waals surface area contributed by atoms with Gasteiger partial charge in [-0.25, -0.2) is 4.79 Å². The van der Waals surface area contributed by atoms with E-state index in [9.17, 15) is 9.59 Å². The summed E-state index contributed by atoms with van der Waals surface area (Å²) in [7, 11) is 0. The molecule has 8 heteroatoms. The topological polar surface area (TPSA) is 102 Å². The van der Waals surface area contributed by atoms with Crippen LogP contribution in [0.2, 0.25) is 0 Å². The van der Waals surface area contributed by atoms with Gasteiger partial charge in [0.2, 0.25) is 0 Å². The zero-order chi connectivity index (χ0) is 26.6. The molecule has 37 heavy (non-hydrogen) atoms. The molecule has 1 saturated heterocycles. The summed E-state index contributed by atoms with van der Waals surface area (Å²) in [5.74, 6) is 0.407. The standard InChI is InChI=1S/C29H32N2O6/c1-5-34-27(32)25(16-24-15-21-7-6-19(17-30)14-26(21)36-24)20-8-10-22(11-9-20)35-23-12-13-31(18-23)28(33)37-29(2,3)4/h6-11,14-15,23,25H,5,12-13,16,18H2,1-4H3/t23-,25?/m0/s1. The van der Waals surface area contributed by atoms with Crippen molar-refractivity contribution in [1.82, 2.24) is 4.90 Å². The van der Waals surface area contributed by atoms with Gasteiger partial charge in [0, 0.05) is 24.8 Å². The third-order valence-electron chi connectivity index (χ3n) is 6.06. The summed E-state index contributed by atoms with van der Waals surface area (Å²) in [6.45, 7) is 8.63. The number of benzene rings is 2. The Morgan fingerprint density at radius 3 is 2.59 bits per heavy atom. The van der Waals surface area contributed by atoms with E-state index in [1.165, 1.54) is 0 Å². The molecule has 1 aromatic heterocycles. The van der Waals surface area contributed by atoms with Crippen LogP contribution in [0.15, 0.2) is 52.9 Å². The van der Waals surface area contributed by atoms with Crippen molar-refractivity contribution in [2.75, 3.05) is 19.7 Å². The van der Waals surface area contributed by atoms with Gasteiger partial charge in [-0.05, 0) is 69.7 Å². The Kier molecular flexibility index (Phi) is 7.72. The Balaban J connectivity index is 1.44. The van der Waals surface area contributed by atoms with E-state index in [4.69, 9.17) is 23.9 Å². The van der Waals surface area contributed by atoms with E-state index in [0.29, 0.717) is 48.6 Å². The molecule has 0 spiro atoms. The number of rotatable bonds is 7. The summed E-state index contributed by atoms with van der Waals surface area (Å²) in [6.07, 6.45) is 0.573. The molecule has 1 aliphatic rings. The Labute approximate surface area is 216 Å². The number of furan rings is 1. The third-order valence-corrected chi connectivity index (χ3v) is 6.06. The first-order valence-corrected chi connectivity index (χ1v) is 12.5. The van der Waals surface area contributed by atoms with Crippen molar-refractivity contribution in [2.45, 2.75) is 58.2 Å². The zero-order valence-electron chi connectivity index (χ0n) is 21.7. The largest absolute Gasteiger partial charge is 0.489 e. The van der Waals surface area contributed by atoms with Gasteiger partial charge in [0.1, 0.15) is 28.8 Å². The molecule has 3 aromatic rings. The first-order valence-electron chi connectivity index (χ1n) is 12.5. The lowest BCUT2D eigenvalue weighted by Gasteiger charge is -2.24. The van der Waals surface area contributed by atoms with Crippen molar-refractivity contribution >= 4 is 23.0 Å². The molecule has 194 valence electrons. The summed E-state index contributed by atoms with van der Waals surface area (Å²) < 4.78 is 22.8. The van der Waals surface area contributed by atoms with Crippen molar-refractivity contribution in [1.29, 1.82) is 5.26 Å². The van der Waals surface area contributed by atoms with Crippen molar-refractivity contribution in [3.63, 3.8) is 0 Å². The van der Waals surface area contributed by atoms with Crippen LogP contribution in [0.4, 0.5) is 4.79 Å². The lowest BCUT2D eigenvalue weighted by atomic mass is 9.94. The van der Waals surface area contributed by atoms with E-state index in [-0.39, 0.29) is 24.8 Å². The van der Waals surface area contributed by atoms with Gasteiger partial charge in [0.25, 0.3) is 0 Å². The zero-order valence-corrected chi connectivity index (χ0v) is 21.7. The van der Waals surface area contributed by atoms with Crippen LogP contribution in [0.1, 0.15) is 56.9 Å². The summed E-state index contributed by atoms with van der Waals surface area (Å²) in [6, 6.07) is 16.6. The smallest absolute Gasteiger partial charge is 0.410 e. The van der Waals surface area contributed by atoms with Crippen LogP contribution in [0.25, 0.3) is 11.0 Å². The number of carbonyl (C=O) groups is 2. The van der Waals surface area contributed by atoms with Gasteiger partial charge in [0.15, 0.2) is 0 Å². The fraction of sp³-hybridized carbons (Fsp3) is 0.414. The van der Waals surface area contributed by atoms with Gasteiger partial charge >= 0.3 is 12.1 Å². The minimum Gasteiger partial charge on any atom is -0.489 e. The van der Waals surface area contributed by atoms with Gasteiger partial charge < -0.3 is 23.5 Å². The molecule has 2 heterocycles. The van der Waals surface area contributed by atoms with E-state index in [0.717, 1.165) is 10.9 Å². The SMILES string of the molecule is CCOC(=O)C(Cc1cc2ccc(C#N)cc2o1)c1ccc(O[C@H]2CCN(C(=O)OC(C)(C)C)C2)cc1. The highest BCUT2D eigenvalue weighted by Gasteiger charge is 2.31. The second-order valence-electron chi connectivity index (χ2n) is 10.1. The number of hydrogen-bond donors (Lipinski definition) is 0. The number of likely N-dealkylation sites (tertiary alicyclic amines) is 1. The summed E-state index contributed by atoms with van der Waals surface area (Å²) in [5.41, 5.74) is 1.37. The van der Waals surface area contributed by atoms with Gasteiger partial charge in [-0.1, -0.05) is 12.1 Å². The Morgan fingerprint density at radius 2 is 1.92 bits per heavy atom. The van der Waals surface area contributed by atoms with E-state index in [2.05, 4.69) is 6.07 Å². The Morgan fingerprint density at radius 1 is 1.16 bits per heavy atom. The maximum absolute atomic E-state index is 12.8. The van der Waals surface area contributed by atoms with E-state index < -0.39 is 11.5 Å². The molecule has 2 atom stereocenters. The number of hydrogen-bond acceptors (Lipinski definition) is 7. The molecule has 0 bridgehead atoms. The maximum Gasteiger partial charge on any atom is 0.410 e. The number of esters is 1. The van der Waals surface area contributed by atoms with Gasteiger partial charge in [-0.15, -0.1) is 0 Å². The molecule has 0 aliphatic carbocycles. The van der Waals surface area contributed by atoms with Crippen LogP contribution in [0.3, 0.4) is 0 Å². The molecule has 4 rings (SSSR count). The molecular weight excluding hydrogens is 472 g/mol. The summed E-state index contributed by atoms with van der Waals surface area (Å²) in [5, 5.41) is 10.0. The number of carbonyl (C=O) groups excluding carboxylic acids is 2. The van der Waals surface area contributed by atoms with Crippen LogP contribution in [0, 0.1) is 11.3 Å². The molecule has 8 nitrogen and oxygen atoms in total. The maximum atomic E-state index is 12.8. The monoisotopic (exact) mass is 504 g/mol. The number of ether oxygens (including phenoxy) is 3. The molecule has 2 aromatic carbocycles. The fourth-order valence-electron chi connectivity index (χ4n) is 4.33. The number of nitriles is 1. The van der Waals surface area contributed by atoms with E-state index in [1.807, 2.05) is 57.2 Å². The highest BCUT2D eigenvalue weighted by molar-refractivity contribution is 5.81. The molecular formula is C29H32N2O6. The second kappa shape index (κ2) is 11.0. The third kappa shape index (κ3) is 6.62. The Hall–Kier alpha value is -3.99.